The predicted octanol–water partition coefficient (Wildman–Crippen LogP) is 1.63. The Morgan fingerprint density at radius 1 is 1.14 bits per heavy atom. The number of anilines is 1. The Labute approximate surface area is 164 Å². The molecule has 0 fully saturated rings. The van der Waals surface area contributed by atoms with Crippen LogP contribution in [0.25, 0.3) is 0 Å². The van der Waals surface area contributed by atoms with E-state index in [9.17, 15) is 14.0 Å². The summed E-state index contributed by atoms with van der Waals surface area (Å²) in [4.78, 5) is 25.3. The zero-order valence-electron chi connectivity index (χ0n) is 16.5. The first-order valence-corrected chi connectivity index (χ1v) is 9.30. The highest BCUT2D eigenvalue weighted by Gasteiger charge is 2.15. The van der Waals surface area contributed by atoms with Gasteiger partial charge in [0.25, 0.3) is 11.8 Å². The van der Waals surface area contributed by atoms with Gasteiger partial charge in [0.05, 0.1) is 13.7 Å². The quantitative estimate of drug-likeness (QED) is 0.611. The first-order valence-electron chi connectivity index (χ1n) is 9.30. The van der Waals surface area contributed by atoms with Gasteiger partial charge in [0.1, 0.15) is 6.54 Å². The number of hydrogen-bond acceptors (Lipinski definition) is 3. The fraction of sp³-hybridized carbons (Fsp3) is 0.333. The van der Waals surface area contributed by atoms with Gasteiger partial charge >= 0.3 is 0 Å². The number of amides is 2. The third-order valence-electron chi connectivity index (χ3n) is 4.33. The molecule has 0 aliphatic heterocycles. The Bertz CT molecular complexity index is 826. The van der Waals surface area contributed by atoms with E-state index >= 15 is 0 Å². The molecular weight excluding hydrogens is 361 g/mol. The first kappa shape index (κ1) is 21.4. The average molecular weight is 388 g/mol. The van der Waals surface area contributed by atoms with E-state index in [0.717, 1.165) is 10.5 Å². The fourth-order valence-electron chi connectivity index (χ4n) is 2.85. The van der Waals surface area contributed by atoms with E-state index in [0.29, 0.717) is 30.9 Å². The summed E-state index contributed by atoms with van der Waals surface area (Å²) in [6.07, 6.45) is 0. The second kappa shape index (κ2) is 10.4. The maximum atomic E-state index is 13.9. The van der Waals surface area contributed by atoms with Crippen molar-refractivity contribution in [2.45, 2.75) is 20.4 Å². The van der Waals surface area contributed by atoms with Crippen molar-refractivity contribution in [1.29, 1.82) is 0 Å². The molecule has 7 heteroatoms. The molecule has 0 spiro atoms. The van der Waals surface area contributed by atoms with E-state index in [1.807, 2.05) is 13.8 Å². The number of carbonyl (C=O) groups excluding carboxylic acids is 2. The molecule has 28 heavy (non-hydrogen) atoms. The number of benzene rings is 2. The van der Waals surface area contributed by atoms with Gasteiger partial charge in [-0.3, -0.25) is 9.59 Å². The highest BCUT2D eigenvalue weighted by Crippen LogP contribution is 2.17. The summed E-state index contributed by atoms with van der Waals surface area (Å²) >= 11 is 0. The standard InChI is InChI=1S/C21H26FN3O3/c1-4-23-21(27)16-7-6-8-17(12-16)24-20(26)14-25(5-2)13-15-9-10-19(28-3)18(22)11-15/h6-12H,4-5,13-14H2,1-3H3,(H,23,27)(H,24,26)/p+1. The Morgan fingerprint density at radius 3 is 2.57 bits per heavy atom. The lowest BCUT2D eigenvalue weighted by Crippen LogP contribution is -3.11. The minimum Gasteiger partial charge on any atom is -0.494 e. The Hall–Kier alpha value is -2.93. The predicted molar refractivity (Wildman–Crippen MR) is 106 cm³/mol. The lowest BCUT2D eigenvalue weighted by Gasteiger charge is -2.18. The minimum absolute atomic E-state index is 0.168. The smallest absolute Gasteiger partial charge is 0.279 e. The fourth-order valence-corrected chi connectivity index (χ4v) is 2.85. The van der Waals surface area contributed by atoms with Crippen LogP contribution >= 0.6 is 0 Å². The summed E-state index contributed by atoms with van der Waals surface area (Å²) in [6, 6.07) is 11.6. The van der Waals surface area contributed by atoms with Crippen molar-refractivity contribution in [3.05, 3.63) is 59.4 Å². The minimum atomic E-state index is -0.415. The van der Waals surface area contributed by atoms with Crippen LogP contribution in [0, 0.1) is 5.82 Å². The van der Waals surface area contributed by atoms with Crippen molar-refractivity contribution in [2.75, 3.05) is 32.1 Å². The van der Waals surface area contributed by atoms with Gasteiger partial charge in [-0.05, 0) is 50.2 Å². The van der Waals surface area contributed by atoms with Gasteiger partial charge in [-0.2, -0.15) is 0 Å². The molecule has 1 atom stereocenters. The molecule has 2 aromatic carbocycles. The molecule has 2 amide bonds. The number of carbonyl (C=O) groups is 2. The Balaban J connectivity index is 1.98. The van der Waals surface area contributed by atoms with Crippen LogP contribution in [0.3, 0.4) is 0 Å². The third-order valence-corrected chi connectivity index (χ3v) is 4.33. The summed E-state index contributed by atoms with van der Waals surface area (Å²) in [5.74, 6) is -0.562. The van der Waals surface area contributed by atoms with Gasteiger partial charge < -0.3 is 20.3 Å². The molecule has 6 nitrogen and oxygen atoms in total. The molecule has 0 heterocycles. The number of hydrogen-bond donors (Lipinski definition) is 3. The molecule has 0 radical (unpaired) electrons. The van der Waals surface area contributed by atoms with E-state index in [4.69, 9.17) is 4.74 Å². The molecule has 0 saturated heterocycles. The van der Waals surface area contributed by atoms with E-state index in [1.165, 1.54) is 13.2 Å². The number of quaternary nitrogens is 1. The van der Waals surface area contributed by atoms with E-state index < -0.39 is 5.82 Å². The molecule has 2 aromatic rings. The van der Waals surface area contributed by atoms with Gasteiger partial charge in [0.2, 0.25) is 0 Å². The van der Waals surface area contributed by atoms with E-state index in [-0.39, 0.29) is 24.1 Å². The molecule has 3 N–H and O–H groups in total. The van der Waals surface area contributed by atoms with E-state index in [2.05, 4.69) is 10.6 Å². The highest BCUT2D eigenvalue weighted by molar-refractivity contribution is 5.97. The Morgan fingerprint density at radius 2 is 1.93 bits per heavy atom. The molecule has 150 valence electrons. The molecule has 0 aliphatic carbocycles. The van der Waals surface area contributed by atoms with Crippen molar-refractivity contribution in [3.63, 3.8) is 0 Å². The third kappa shape index (κ3) is 6.06. The van der Waals surface area contributed by atoms with Crippen LogP contribution < -0.4 is 20.3 Å². The molecule has 0 saturated carbocycles. The summed E-state index contributed by atoms with van der Waals surface area (Å²) in [6.45, 7) is 5.81. The molecule has 0 bridgehead atoms. The van der Waals surface area contributed by atoms with Crippen molar-refractivity contribution in [3.8, 4) is 5.75 Å². The molecule has 0 aliphatic rings. The van der Waals surface area contributed by atoms with Gasteiger partial charge in [0.15, 0.2) is 18.1 Å². The maximum absolute atomic E-state index is 13.9. The van der Waals surface area contributed by atoms with Crippen LogP contribution in [0.4, 0.5) is 10.1 Å². The van der Waals surface area contributed by atoms with Crippen LogP contribution in [0.5, 0.6) is 5.75 Å². The SMILES string of the molecule is CCNC(=O)c1cccc(NC(=O)C[NH+](CC)Cc2ccc(OC)c(F)c2)c1. The van der Waals surface area contributed by atoms with Crippen LogP contribution in [-0.4, -0.2) is 38.6 Å². The first-order chi connectivity index (χ1) is 13.5. The summed E-state index contributed by atoms with van der Waals surface area (Å²) < 4.78 is 18.8. The number of ether oxygens (including phenoxy) is 1. The largest absolute Gasteiger partial charge is 0.494 e. The van der Waals surface area contributed by atoms with Gasteiger partial charge in [0, 0.05) is 23.4 Å². The molecular formula is C21H27FN3O3+. The van der Waals surface area contributed by atoms with Crippen molar-refractivity contribution in [1.82, 2.24) is 5.32 Å². The number of methoxy groups -OCH3 is 1. The topological polar surface area (TPSA) is 71.9 Å². The number of rotatable bonds is 9. The molecule has 0 aromatic heterocycles. The van der Waals surface area contributed by atoms with Crippen LogP contribution in [0.1, 0.15) is 29.8 Å². The normalized spacial score (nSPS) is 11.6. The lowest BCUT2D eigenvalue weighted by atomic mass is 10.2. The summed E-state index contributed by atoms with van der Waals surface area (Å²) in [7, 11) is 1.42. The summed E-state index contributed by atoms with van der Waals surface area (Å²) in [5.41, 5.74) is 1.86. The zero-order chi connectivity index (χ0) is 20.5. The number of halogens is 1. The van der Waals surface area contributed by atoms with E-state index in [1.54, 1.807) is 36.4 Å². The van der Waals surface area contributed by atoms with Crippen molar-refractivity contribution >= 4 is 17.5 Å². The van der Waals surface area contributed by atoms with Crippen molar-refractivity contribution < 1.29 is 23.6 Å². The lowest BCUT2D eigenvalue weighted by molar-refractivity contribution is -0.903. The maximum Gasteiger partial charge on any atom is 0.279 e. The van der Waals surface area contributed by atoms with Crippen LogP contribution in [0.2, 0.25) is 0 Å². The highest BCUT2D eigenvalue weighted by atomic mass is 19.1. The number of likely N-dealkylation sites (N-methyl/N-ethyl adjacent to an activating group) is 1. The second-order valence-electron chi connectivity index (χ2n) is 6.41. The second-order valence-corrected chi connectivity index (χ2v) is 6.41. The Kier molecular flexibility index (Phi) is 7.95. The van der Waals surface area contributed by atoms with Gasteiger partial charge in [-0.15, -0.1) is 0 Å². The zero-order valence-corrected chi connectivity index (χ0v) is 16.5. The average Bonchev–Trinajstić information content (AvgIpc) is 2.68. The van der Waals surface area contributed by atoms with Crippen molar-refractivity contribution in [2.24, 2.45) is 0 Å². The molecule has 2 rings (SSSR count). The number of nitrogens with one attached hydrogen (secondary N) is 3. The van der Waals surface area contributed by atoms with Crippen LogP contribution in [-0.2, 0) is 11.3 Å². The van der Waals surface area contributed by atoms with Gasteiger partial charge in [-0.25, -0.2) is 4.39 Å². The summed E-state index contributed by atoms with van der Waals surface area (Å²) in [5, 5.41) is 5.55. The molecule has 1 unspecified atom stereocenters. The monoisotopic (exact) mass is 388 g/mol. The van der Waals surface area contributed by atoms with Crippen LogP contribution in [0.15, 0.2) is 42.5 Å². The van der Waals surface area contributed by atoms with Gasteiger partial charge in [-0.1, -0.05) is 6.07 Å².